The average Bonchev–Trinajstić information content (AvgIpc) is 2.82. The number of rotatable bonds is 7. The predicted molar refractivity (Wildman–Crippen MR) is 133 cm³/mol. The van der Waals surface area contributed by atoms with Gasteiger partial charge in [-0.05, 0) is 67.8 Å². The van der Waals surface area contributed by atoms with Crippen molar-refractivity contribution in [3.05, 3.63) is 102 Å². The maximum Gasteiger partial charge on any atom is 0.271 e. The van der Waals surface area contributed by atoms with E-state index < -0.39 is 10.8 Å². The third-order valence-corrected chi connectivity index (χ3v) is 5.70. The molecule has 0 unspecified atom stereocenters. The Morgan fingerprint density at radius 3 is 2.44 bits per heavy atom. The lowest BCUT2D eigenvalue weighted by Gasteiger charge is -2.12. The Balaban J connectivity index is 1.79. The number of carbonyl (C=O) groups is 1. The van der Waals surface area contributed by atoms with Gasteiger partial charge in [0, 0.05) is 23.4 Å². The fourth-order valence-electron chi connectivity index (χ4n) is 2.92. The van der Waals surface area contributed by atoms with Gasteiger partial charge in [-0.3, -0.25) is 14.9 Å². The van der Waals surface area contributed by atoms with Gasteiger partial charge in [0.05, 0.1) is 25.5 Å². The lowest BCUT2D eigenvalue weighted by atomic mass is 10.1. The van der Waals surface area contributed by atoms with E-state index in [1.165, 1.54) is 30.3 Å². The van der Waals surface area contributed by atoms with Crippen LogP contribution in [-0.4, -0.2) is 10.8 Å². The summed E-state index contributed by atoms with van der Waals surface area (Å²) in [7, 11) is 0. The van der Waals surface area contributed by atoms with Gasteiger partial charge in [0.25, 0.3) is 11.6 Å². The number of nitriles is 2. The molecular weight excluding hydrogens is 568 g/mol. The van der Waals surface area contributed by atoms with Crippen LogP contribution in [0, 0.1) is 32.8 Å². The van der Waals surface area contributed by atoms with Crippen LogP contribution >= 0.6 is 31.9 Å². The molecule has 0 saturated heterocycles. The van der Waals surface area contributed by atoms with Crippen LogP contribution < -0.4 is 10.1 Å². The summed E-state index contributed by atoms with van der Waals surface area (Å²) in [6.07, 6.45) is 1.39. The lowest BCUT2D eigenvalue weighted by Crippen LogP contribution is -2.13. The zero-order valence-corrected chi connectivity index (χ0v) is 20.5. The van der Waals surface area contributed by atoms with E-state index >= 15 is 0 Å². The summed E-state index contributed by atoms with van der Waals surface area (Å²) in [5.74, 6) is -0.215. The van der Waals surface area contributed by atoms with E-state index in [0.717, 1.165) is 5.56 Å². The third-order valence-electron chi connectivity index (χ3n) is 4.52. The van der Waals surface area contributed by atoms with Gasteiger partial charge in [-0.1, -0.05) is 24.3 Å². The fraction of sp³-hybridized carbons (Fsp3) is 0.0417. The number of anilines is 1. The number of amides is 1. The number of nitrogens with one attached hydrogen (secondary N) is 1. The summed E-state index contributed by atoms with van der Waals surface area (Å²) < 4.78 is 7.01. The largest absolute Gasteiger partial charge is 0.486 e. The van der Waals surface area contributed by atoms with Crippen LogP contribution in [0.15, 0.2) is 75.2 Å². The summed E-state index contributed by atoms with van der Waals surface area (Å²) in [5.41, 5.74) is 1.61. The van der Waals surface area contributed by atoms with Crippen LogP contribution in [0.4, 0.5) is 11.4 Å². The summed E-state index contributed by atoms with van der Waals surface area (Å²) >= 11 is 6.87. The van der Waals surface area contributed by atoms with Crippen molar-refractivity contribution in [2.24, 2.45) is 0 Å². The van der Waals surface area contributed by atoms with Crippen LogP contribution in [-0.2, 0) is 11.4 Å². The first-order chi connectivity index (χ1) is 16.3. The molecule has 34 heavy (non-hydrogen) atoms. The first-order valence-corrected chi connectivity index (χ1v) is 11.2. The van der Waals surface area contributed by atoms with Gasteiger partial charge in [0.1, 0.15) is 24.0 Å². The first kappa shape index (κ1) is 24.6. The number of nitro groups is 1. The van der Waals surface area contributed by atoms with E-state index in [2.05, 4.69) is 43.2 Å². The van der Waals surface area contributed by atoms with Crippen molar-refractivity contribution in [2.75, 3.05) is 5.32 Å². The normalized spacial score (nSPS) is 10.6. The standard InChI is InChI=1S/C24H14Br2N4O4/c25-21-9-15(10-22(26)23(21)34-14-17-5-2-1-4-16(17)12-27)8-18(13-28)24(31)29-19-6-3-7-20(11-19)30(32)33/h1-11H,14H2,(H,29,31)/b18-8+. The molecule has 0 aliphatic carbocycles. The minimum absolute atomic E-state index is 0.172. The molecule has 0 heterocycles. The molecule has 1 amide bonds. The molecule has 1 N–H and O–H groups in total. The third kappa shape index (κ3) is 6.07. The van der Waals surface area contributed by atoms with Crippen molar-refractivity contribution >= 4 is 55.2 Å². The number of hydrogen-bond acceptors (Lipinski definition) is 6. The Bertz CT molecular complexity index is 1370. The minimum Gasteiger partial charge on any atom is -0.486 e. The van der Waals surface area contributed by atoms with Gasteiger partial charge >= 0.3 is 0 Å². The molecule has 0 saturated carbocycles. The number of nitrogens with zero attached hydrogens (tertiary/aromatic N) is 3. The highest BCUT2D eigenvalue weighted by atomic mass is 79.9. The zero-order chi connectivity index (χ0) is 24.7. The van der Waals surface area contributed by atoms with E-state index in [1.54, 1.807) is 30.3 Å². The molecular formula is C24H14Br2N4O4. The number of non-ortho nitro benzene ring substituents is 1. The average molecular weight is 582 g/mol. The van der Waals surface area contributed by atoms with Crippen molar-refractivity contribution in [2.45, 2.75) is 6.61 Å². The molecule has 3 aromatic carbocycles. The van der Waals surface area contributed by atoms with Crippen molar-refractivity contribution in [3.8, 4) is 17.9 Å². The van der Waals surface area contributed by atoms with Gasteiger partial charge in [-0.2, -0.15) is 10.5 Å². The number of benzene rings is 3. The highest BCUT2D eigenvalue weighted by molar-refractivity contribution is 9.11. The van der Waals surface area contributed by atoms with E-state index in [1.807, 2.05) is 12.1 Å². The van der Waals surface area contributed by atoms with Gasteiger partial charge in [0.2, 0.25) is 0 Å². The van der Waals surface area contributed by atoms with Crippen molar-refractivity contribution in [1.29, 1.82) is 10.5 Å². The highest BCUT2D eigenvalue weighted by Crippen LogP contribution is 2.36. The first-order valence-electron chi connectivity index (χ1n) is 9.60. The molecule has 0 bridgehead atoms. The van der Waals surface area contributed by atoms with Gasteiger partial charge in [-0.25, -0.2) is 0 Å². The molecule has 168 valence electrons. The van der Waals surface area contributed by atoms with Crippen LogP contribution in [0.1, 0.15) is 16.7 Å². The molecule has 0 aliphatic rings. The van der Waals surface area contributed by atoms with Crippen LogP contribution in [0.2, 0.25) is 0 Å². The molecule has 3 aromatic rings. The number of nitro benzene ring substituents is 1. The van der Waals surface area contributed by atoms with E-state index in [9.17, 15) is 25.4 Å². The summed E-state index contributed by atoms with van der Waals surface area (Å²) in [6, 6.07) is 19.8. The molecule has 10 heteroatoms. The highest BCUT2D eigenvalue weighted by Gasteiger charge is 2.14. The summed E-state index contributed by atoms with van der Waals surface area (Å²) in [4.78, 5) is 22.9. The second-order valence-electron chi connectivity index (χ2n) is 6.80. The predicted octanol–water partition coefficient (Wildman–Crippen LogP) is 6.12. The number of halogens is 2. The summed E-state index contributed by atoms with van der Waals surface area (Å²) in [6.45, 7) is 0.172. The Hall–Kier alpha value is -3.99. The fourth-order valence-corrected chi connectivity index (χ4v) is 4.37. The Labute approximate surface area is 211 Å². The molecule has 0 aromatic heterocycles. The van der Waals surface area contributed by atoms with Crippen molar-refractivity contribution in [1.82, 2.24) is 0 Å². The quantitative estimate of drug-likeness (QED) is 0.155. The molecule has 0 aliphatic heterocycles. The maximum atomic E-state index is 12.5. The molecule has 0 radical (unpaired) electrons. The van der Waals surface area contributed by atoms with Crippen LogP contribution in [0.25, 0.3) is 6.08 Å². The molecule has 0 fully saturated rings. The number of hydrogen-bond donors (Lipinski definition) is 1. The summed E-state index contributed by atoms with van der Waals surface area (Å²) in [5, 5.41) is 32.1. The number of carbonyl (C=O) groups excluding carboxylic acids is 1. The van der Waals surface area contributed by atoms with Crippen molar-refractivity contribution in [3.63, 3.8) is 0 Å². The van der Waals surface area contributed by atoms with Gasteiger partial charge < -0.3 is 10.1 Å². The Morgan fingerprint density at radius 1 is 1.09 bits per heavy atom. The maximum absolute atomic E-state index is 12.5. The van der Waals surface area contributed by atoms with E-state index in [4.69, 9.17) is 4.74 Å². The SMILES string of the molecule is N#C/C(=C\c1cc(Br)c(OCc2ccccc2C#N)c(Br)c1)C(=O)Nc1cccc([N+](=O)[O-])c1. The Morgan fingerprint density at radius 2 is 1.79 bits per heavy atom. The molecule has 0 atom stereocenters. The molecule has 0 spiro atoms. The van der Waals surface area contributed by atoms with Crippen LogP contribution in [0.5, 0.6) is 5.75 Å². The minimum atomic E-state index is -0.705. The zero-order valence-electron chi connectivity index (χ0n) is 17.3. The molecule has 3 rings (SSSR count). The lowest BCUT2D eigenvalue weighted by molar-refractivity contribution is -0.384. The van der Waals surface area contributed by atoms with E-state index in [0.29, 0.717) is 25.8 Å². The van der Waals surface area contributed by atoms with Gasteiger partial charge in [0.15, 0.2) is 0 Å². The molecule has 8 nitrogen and oxygen atoms in total. The second-order valence-corrected chi connectivity index (χ2v) is 8.51. The number of ether oxygens (including phenoxy) is 1. The smallest absolute Gasteiger partial charge is 0.271 e. The monoisotopic (exact) mass is 580 g/mol. The van der Waals surface area contributed by atoms with E-state index in [-0.39, 0.29) is 23.6 Å². The van der Waals surface area contributed by atoms with Crippen LogP contribution in [0.3, 0.4) is 0 Å². The Kier molecular flexibility index (Phi) is 8.14. The van der Waals surface area contributed by atoms with Gasteiger partial charge in [-0.15, -0.1) is 0 Å². The topological polar surface area (TPSA) is 129 Å². The second kappa shape index (κ2) is 11.2. The van der Waals surface area contributed by atoms with Crippen molar-refractivity contribution < 1.29 is 14.5 Å².